The van der Waals surface area contributed by atoms with Crippen LogP contribution < -0.4 is 10.6 Å². The van der Waals surface area contributed by atoms with Gasteiger partial charge in [0.25, 0.3) is 0 Å². The summed E-state index contributed by atoms with van der Waals surface area (Å²) in [6.07, 6.45) is 6.74. The second-order valence-corrected chi connectivity index (χ2v) is 2.75. The predicted molar refractivity (Wildman–Crippen MR) is 41.4 cm³/mol. The van der Waals surface area contributed by atoms with Crippen LogP contribution in [0.1, 0.15) is 12.8 Å². The van der Waals surface area contributed by atoms with E-state index in [0.29, 0.717) is 0 Å². The molecule has 0 amide bonds. The van der Waals surface area contributed by atoms with E-state index in [1.165, 1.54) is 24.1 Å². The Labute approximate surface area is 61.0 Å². The minimum absolute atomic E-state index is 0.992. The molecule has 0 atom stereocenters. The zero-order valence-electron chi connectivity index (χ0n) is 5.98. The molecule has 2 rings (SSSR count). The highest BCUT2D eigenvalue weighted by Crippen LogP contribution is 2.16. The lowest BCUT2D eigenvalue weighted by Gasteiger charge is -2.23. The van der Waals surface area contributed by atoms with E-state index in [1.54, 1.807) is 0 Å². The van der Waals surface area contributed by atoms with Crippen molar-refractivity contribution in [2.24, 2.45) is 0 Å². The fourth-order valence-electron chi connectivity index (χ4n) is 1.46. The SMILES string of the molecule is C1=CC2=C(CN1)NCCC2. The summed E-state index contributed by atoms with van der Waals surface area (Å²) in [4.78, 5) is 0. The summed E-state index contributed by atoms with van der Waals surface area (Å²) < 4.78 is 0. The fourth-order valence-corrected chi connectivity index (χ4v) is 1.46. The van der Waals surface area contributed by atoms with Crippen molar-refractivity contribution in [3.63, 3.8) is 0 Å². The molecule has 2 N–H and O–H groups in total. The van der Waals surface area contributed by atoms with Gasteiger partial charge >= 0.3 is 0 Å². The first-order chi connectivity index (χ1) is 4.97. The molecule has 0 radical (unpaired) electrons. The molecule has 2 nitrogen and oxygen atoms in total. The highest BCUT2D eigenvalue weighted by Gasteiger charge is 2.10. The Morgan fingerprint density at radius 2 is 2.40 bits per heavy atom. The van der Waals surface area contributed by atoms with Crippen LogP contribution in [0.2, 0.25) is 0 Å². The van der Waals surface area contributed by atoms with Gasteiger partial charge in [-0.25, -0.2) is 0 Å². The average Bonchev–Trinajstić information content (AvgIpc) is 2.05. The number of hydrogen-bond acceptors (Lipinski definition) is 2. The van der Waals surface area contributed by atoms with Gasteiger partial charge in [0, 0.05) is 12.2 Å². The molecule has 2 aliphatic heterocycles. The van der Waals surface area contributed by atoms with Crippen LogP contribution in [-0.2, 0) is 0 Å². The van der Waals surface area contributed by atoms with Crippen molar-refractivity contribution in [1.82, 2.24) is 10.6 Å². The zero-order chi connectivity index (χ0) is 6.81. The summed E-state index contributed by atoms with van der Waals surface area (Å²) in [6.45, 7) is 2.14. The molecule has 0 bridgehead atoms. The van der Waals surface area contributed by atoms with E-state index in [-0.39, 0.29) is 0 Å². The van der Waals surface area contributed by atoms with Crippen LogP contribution in [0.15, 0.2) is 23.5 Å². The Bertz CT molecular complexity index is 191. The smallest absolute Gasteiger partial charge is 0.0545 e. The number of rotatable bonds is 0. The standard InChI is InChI=1S/C8H12N2/c1-2-7-3-5-9-6-8(7)10-4-1/h3,5,9-10H,1-2,4,6H2. The van der Waals surface area contributed by atoms with Gasteiger partial charge in [-0.2, -0.15) is 0 Å². The van der Waals surface area contributed by atoms with Crippen molar-refractivity contribution in [3.05, 3.63) is 23.5 Å². The van der Waals surface area contributed by atoms with E-state index < -0.39 is 0 Å². The molecule has 54 valence electrons. The van der Waals surface area contributed by atoms with E-state index in [9.17, 15) is 0 Å². The van der Waals surface area contributed by atoms with Crippen LogP contribution in [0.25, 0.3) is 0 Å². The molecule has 0 saturated carbocycles. The van der Waals surface area contributed by atoms with Gasteiger partial charge in [-0.15, -0.1) is 0 Å². The molecular weight excluding hydrogens is 124 g/mol. The maximum Gasteiger partial charge on any atom is 0.0545 e. The molecule has 0 unspecified atom stereocenters. The first-order valence-corrected chi connectivity index (χ1v) is 3.82. The Morgan fingerprint density at radius 3 is 3.30 bits per heavy atom. The third-order valence-corrected chi connectivity index (χ3v) is 2.03. The topological polar surface area (TPSA) is 24.1 Å². The molecule has 0 aromatic heterocycles. The van der Waals surface area contributed by atoms with E-state index in [4.69, 9.17) is 0 Å². The van der Waals surface area contributed by atoms with Gasteiger partial charge in [0.2, 0.25) is 0 Å². The van der Waals surface area contributed by atoms with Crippen molar-refractivity contribution in [1.29, 1.82) is 0 Å². The van der Waals surface area contributed by atoms with Gasteiger partial charge < -0.3 is 10.6 Å². The molecule has 0 fully saturated rings. The molecule has 0 spiro atoms. The zero-order valence-corrected chi connectivity index (χ0v) is 5.98. The molecule has 10 heavy (non-hydrogen) atoms. The third-order valence-electron chi connectivity index (χ3n) is 2.03. The molecule has 0 saturated heterocycles. The van der Waals surface area contributed by atoms with Crippen molar-refractivity contribution in [2.75, 3.05) is 13.1 Å². The number of dihydropyridines is 1. The predicted octanol–water partition coefficient (Wildman–Crippen LogP) is 0.741. The molecule has 2 heteroatoms. The first-order valence-electron chi connectivity index (χ1n) is 3.82. The maximum atomic E-state index is 3.39. The Morgan fingerprint density at radius 1 is 1.40 bits per heavy atom. The minimum Gasteiger partial charge on any atom is -0.387 e. The quantitative estimate of drug-likeness (QED) is 0.513. The highest BCUT2D eigenvalue weighted by atomic mass is 15.0. The molecule has 0 aliphatic carbocycles. The van der Waals surface area contributed by atoms with Crippen LogP contribution >= 0.6 is 0 Å². The first kappa shape index (κ1) is 5.83. The number of nitrogens with one attached hydrogen (secondary N) is 2. The van der Waals surface area contributed by atoms with E-state index in [2.05, 4.69) is 16.7 Å². The second kappa shape index (κ2) is 2.37. The Kier molecular flexibility index (Phi) is 1.38. The summed E-state index contributed by atoms with van der Waals surface area (Å²) in [6, 6.07) is 0. The molecule has 0 aromatic carbocycles. The lowest BCUT2D eigenvalue weighted by molar-refractivity contribution is 0.636. The lowest BCUT2D eigenvalue weighted by Crippen LogP contribution is -2.30. The van der Waals surface area contributed by atoms with Gasteiger partial charge in [-0.1, -0.05) is 0 Å². The Balaban J connectivity index is 2.23. The number of hydrogen-bond donors (Lipinski definition) is 2. The van der Waals surface area contributed by atoms with Gasteiger partial charge in [-0.3, -0.25) is 0 Å². The van der Waals surface area contributed by atoms with Gasteiger partial charge in [0.1, 0.15) is 0 Å². The summed E-state index contributed by atoms with van der Waals surface area (Å²) in [5, 5.41) is 6.57. The van der Waals surface area contributed by atoms with Crippen molar-refractivity contribution >= 4 is 0 Å². The largest absolute Gasteiger partial charge is 0.387 e. The Hall–Kier alpha value is -0.920. The van der Waals surface area contributed by atoms with E-state index in [0.717, 1.165) is 13.1 Å². The van der Waals surface area contributed by atoms with Crippen LogP contribution in [0.4, 0.5) is 0 Å². The van der Waals surface area contributed by atoms with Gasteiger partial charge in [0.05, 0.1) is 6.54 Å². The van der Waals surface area contributed by atoms with E-state index >= 15 is 0 Å². The van der Waals surface area contributed by atoms with Gasteiger partial charge in [-0.05, 0) is 30.7 Å². The van der Waals surface area contributed by atoms with Crippen LogP contribution in [0, 0.1) is 0 Å². The maximum absolute atomic E-state index is 3.39. The molecular formula is C8H12N2. The van der Waals surface area contributed by atoms with Crippen LogP contribution in [0.3, 0.4) is 0 Å². The van der Waals surface area contributed by atoms with Crippen LogP contribution in [0.5, 0.6) is 0 Å². The lowest BCUT2D eigenvalue weighted by atomic mass is 10.0. The normalized spacial score (nSPS) is 23.2. The highest BCUT2D eigenvalue weighted by molar-refractivity contribution is 5.30. The van der Waals surface area contributed by atoms with Crippen molar-refractivity contribution < 1.29 is 0 Å². The summed E-state index contributed by atoms with van der Waals surface area (Å²) in [7, 11) is 0. The van der Waals surface area contributed by atoms with E-state index in [1.807, 2.05) is 6.20 Å². The van der Waals surface area contributed by atoms with Crippen LogP contribution in [-0.4, -0.2) is 13.1 Å². The minimum atomic E-state index is 0.992. The molecule has 2 heterocycles. The molecule has 2 aliphatic rings. The van der Waals surface area contributed by atoms with Crippen molar-refractivity contribution in [2.45, 2.75) is 12.8 Å². The number of allylic oxidation sites excluding steroid dienone is 2. The summed E-state index contributed by atoms with van der Waals surface area (Å²) in [5.74, 6) is 0. The fraction of sp³-hybridized carbons (Fsp3) is 0.500. The van der Waals surface area contributed by atoms with Gasteiger partial charge in [0.15, 0.2) is 0 Å². The second-order valence-electron chi connectivity index (χ2n) is 2.75. The third kappa shape index (κ3) is 0.897. The van der Waals surface area contributed by atoms with Crippen molar-refractivity contribution in [3.8, 4) is 0 Å². The monoisotopic (exact) mass is 136 g/mol. The molecule has 0 aromatic rings. The average molecular weight is 136 g/mol. The summed E-state index contributed by atoms with van der Waals surface area (Å²) >= 11 is 0. The summed E-state index contributed by atoms with van der Waals surface area (Å²) in [5.41, 5.74) is 2.89.